The van der Waals surface area contributed by atoms with E-state index in [2.05, 4.69) is 21.5 Å². The van der Waals surface area contributed by atoms with Gasteiger partial charge in [-0.05, 0) is 41.3 Å². The number of aromatic nitrogens is 4. The van der Waals surface area contributed by atoms with Crippen molar-refractivity contribution in [2.45, 2.75) is 20.0 Å². The number of amides is 1. The molecule has 0 aliphatic heterocycles. The molecule has 3 rings (SSSR count). The molecule has 2 heterocycles. The highest BCUT2D eigenvalue weighted by Crippen LogP contribution is 2.19. The Hall–Kier alpha value is -2.25. The zero-order valence-corrected chi connectivity index (χ0v) is 14.9. The topological polar surface area (TPSA) is 63.9 Å². The summed E-state index contributed by atoms with van der Waals surface area (Å²) in [5, 5.41) is 14.8. The summed E-state index contributed by atoms with van der Waals surface area (Å²) in [7, 11) is 1.77. The van der Waals surface area contributed by atoms with Gasteiger partial charge in [0.1, 0.15) is 6.54 Å². The number of tetrazole rings is 1. The number of nitrogens with zero attached hydrogens (tertiary/aromatic N) is 5. The highest BCUT2D eigenvalue weighted by Gasteiger charge is 2.14. The quantitative estimate of drug-likeness (QED) is 0.700. The minimum Gasteiger partial charge on any atom is -0.339 e. The number of hydrogen-bond acceptors (Lipinski definition) is 5. The van der Waals surface area contributed by atoms with Gasteiger partial charge < -0.3 is 4.90 Å². The third kappa shape index (κ3) is 3.80. The van der Waals surface area contributed by atoms with E-state index in [1.807, 2.05) is 24.4 Å². The van der Waals surface area contributed by atoms with Crippen molar-refractivity contribution in [1.29, 1.82) is 0 Å². The Bertz CT molecular complexity index is 860. The molecule has 0 fully saturated rings. The SMILES string of the molecule is Cc1ccsc1CN(C)C(=O)Cn1nnc(-c2cccc(Cl)c2)n1. The first-order chi connectivity index (χ1) is 11.5. The van der Waals surface area contributed by atoms with Crippen molar-refractivity contribution in [1.82, 2.24) is 25.1 Å². The van der Waals surface area contributed by atoms with Crippen LogP contribution in [-0.2, 0) is 17.9 Å². The number of aryl methyl sites for hydroxylation is 1. The third-order valence-corrected chi connectivity index (χ3v) is 4.83. The number of hydrogen-bond donors (Lipinski definition) is 0. The van der Waals surface area contributed by atoms with Crippen LogP contribution in [-0.4, -0.2) is 38.1 Å². The van der Waals surface area contributed by atoms with Crippen LogP contribution < -0.4 is 0 Å². The lowest BCUT2D eigenvalue weighted by molar-refractivity contribution is -0.131. The lowest BCUT2D eigenvalue weighted by Crippen LogP contribution is -2.30. The van der Waals surface area contributed by atoms with Gasteiger partial charge in [-0.25, -0.2) is 0 Å². The molecule has 3 aromatic rings. The number of benzene rings is 1. The zero-order valence-electron chi connectivity index (χ0n) is 13.3. The van der Waals surface area contributed by atoms with Crippen LogP contribution in [0.2, 0.25) is 5.02 Å². The van der Waals surface area contributed by atoms with Gasteiger partial charge in [0.15, 0.2) is 0 Å². The first kappa shape index (κ1) is 16.6. The lowest BCUT2D eigenvalue weighted by Gasteiger charge is -2.16. The van der Waals surface area contributed by atoms with Gasteiger partial charge in [0, 0.05) is 22.5 Å². The number of thiophene rings is 1. The van der Waals surface area contributed by atoms with E-state index in [1.54, 1.807) is 35.4 Å². The molecule has 1 amide bonds. The number of likely N-dealkylation sites (N-methyl/N-ethyl adjacent to an activating group) is 1. The zero-order chi connectivity index (χ0) is 17.1. The van der Waals surface area contributed by atoms with Gasteiger partial charge >= 0.3 is 0 Å². The molecule has 124 valence electrons. The fourth-order valence-corrected chi connectivity index (χ4v) is 3.31. The van der Waals surface area contributed by atoms with E-state index in [0.29, 0.717) is 17.4 Å². The molecule has 1 aromatic carbocycles. The van der Waals surface area contributed by atoms with Crippen LogP contribution in [0.4, 0.5) is 0 Å². The summed E-state index contributed by atoms with van der Waals surface area (Å²) < 4.78 is 0. The maximum Gasteiger partial charge on any atom is 0.246 e. The van der Waals surface area contributed by atoms with Crippen LogP contribution in [0.5, 0.6) is 0 Å². The van der Waals surface area contributed by atoms with E-state index in [4.69, 9.17) is 11.6 Å². The van der Waals surface area contributed by atoms with E-state index in [-0.39, 0.29) is 12.5 Å². The Kier molecular flexibility index (Phi) is 4.92. The molecule has 2 aromatic heterocycles. The second kappa shape index (κ2) is 7.11. The van der Waals surface area contributed by atoms with Crippen molar-refractivity contribution in [3.63, 3.8) is 0 Å². The monoisotopic (exact) mass is 361 g/mol. The predicted molar refractivity (Wildman–Crippen MR) is 93.8 cm³/mol. The molecular weight excluding hydrogens is 346 g/mol. The maximum atomic E-state index is 12.3. The van der Waals surface area contributed by atoms with Crippen LogP contribution in [0.15, 0.2) is 35.7 Å². The molecule has 0 aliphatic carbocycles. The Morgan fingerprint density at radius 2 is 2.21 bits per heavy atom. The Balaban J connectivity index is 1.66. The highest BCUT2D eigenvalue weighted by molar-refractivity contribution is 7.10. The van der Waals surface area contributed by atoms with Crippen molar-refractivity contribution in [2.75, 3.05) is 7.05 Å². The fraction of sp³-hybridized carbons (Fsp3) is 0.250. The van der Waals surface area contributed by atoms with Crippen molar-refractivity contribution in [3.05, 3.63) is 51.2 Å². The summed E-state index contributed by atoms with van der Waals surface area (Å²) in [6, 6.07) is 9.26. The van der Waals surface area contributed by atoms with Crippen molar-refractivity contribution < 1.29 is 4.79 Å². The highest BCUT2D eigenvalue weighted by atomic mass is 35.5. The summed E-state index contributed by atoms with van der Waals surface area (Å²) in [6.07, 6.45) is 0. The minimum atomic E-state index is -0.0714. The second-order valence-electron chi connectivity index (χ2n) is 5.43. The summed E-state index contributed by atoms with van der Waals surface area (Å²) in [4.78, 5) is 16.5. The Labute approximate surface area is 148 Å². The molecule has 0 radical (unpaired) electrons. The molecule has 0 spiro atoms. The molecule has 0 saturated heterocycles. The van der Waals surface area contributed by atoms with Gasteiger partial charge in [0.25, 0.3) is 0 Å². The van der Waals surface area contributed by atoms with Gasteiger partial charge in [-0.1, -0.05) is 23.7 Å². The predicted octanol–water partition coefficient (Wildman–Crippen LogP) is 3.02. The molecule has 8 heteroatoms. The first-order valence-electron chi connectivity index (χ1n) is 7.33. The molecule has 0 unspecified atom stereocenters. The third-order valence-electron chi connectivity index (χ3n) is 3.59. The van der Waals surface area contributed by atoms with Crippen LogP contribution in [0.25, 0.3) is 11.4 Å². The van der Waals surface area contributed by atoms with E-state index in [1.165, 1.54) is 15.2 Å². The number of halogens is 1. The summed E-state index contributed by atoms with van der Waals surface area (Å²) in [5.41, 5.74) is 1.96. The van der Waals surface area contributed by atoms with Gasteiger partial charge in [-0.2, -0.15) is 4.80 Å². The summed E-state index contributed by atoms with van der Waals surface area (Å²) in [5.74, 6) is 0.375. The van der Waals surface area contributed by atoms with Crippen molar-refractivity contribution in [2.24, 2.45) is 0 Å². The summed E-state index contributed by atoms with van der Waals surface area (Å²) >= 11 is 7.61. The molecule has 0 N–H and O–H groups in total. The number of carbonyl (C=O) groups excluding carboxylic acids is 1. The normalized spacial score (nSPS) is 10.8. The standard InChI is InChI=1S/C16H16ClN5OS/c1-11-6-7-24-14(11)9-21(2)15(23)10-22-19-16(18-20-22)12-4-3-5-13(17)8-12/h3-8H,9-10H2,1-2H3. The largest absolute Gasteiger partial charge is 0.339 e. The van der Waals surface area contributed by atoms with Crippen LogP contribution in [0.3, 0.4) is 0 Å². The average Bonchev–Trinajstić information content (AvgIpc) is 3.17. The van der Waals surface area contributed by atoms with Crippen LogP contribution >= 0.6 is 22.9 Å². The smallest absolute Gasteiger partial charge is 0.246 e. The van der Waals surface area contributed by atoms with E-state index < -0.39 is 0 Å². The van der Waals surface area contributed by atoms with E-state index >= 15 is 0 Å². The molecule has 0 atom stereocenters. The molecule has 6 nitrogen and oxygen atoms in total. The van der Waals surface area contributed by atoms with Gasteiger partial charge in [0.05, 0.1) is 6.54 Å². The maximum absolute atomic E-state index is 12.3. The van der Waals surface area contributed by atoms with E-state index in [9.17, 15) is 4.79 Å². The fourth-order valence-electron chi connectivity index (χ4n) is 2.16. The molecular formula is C16H16ClN5OS. The number of rotatable bonds is 5. The molecule has 24 heavy (non-hydrogen) atoms. The molecule has 0 bridgehead atoms. The second-order valence-corrected chi connectivity index (χ2v) is 6.87. The van der Waals surface area contributed by atoms with Crippen LogP contribution in [0.1, 0.15) is 10.4 Å². The van der Waals surface area contributed by atoms with Crippen molar-refractivity contribution >= 4 is 28.8 Å². The van der Waals surface area contributed by atoms with Crippen molar-refractivity contribution in [3.8, 4) is 11.4 Å². The Morgan fingerprint density at radius 1 is 1.38 bits per heavy atom. The molecule has 0 saturated carbocycles. The van der Waals surface area contributed by atoms with Gasteiger partial charge in [0.2, 0.25) is 11.7 Å². The lowest BCUT2D eigenvalue weighted by atomic mass is 10.2. The average molecular weight is 362 g/mol. The molecule has 0 aliphatic rings. The van der Waals surface area contributed by atoms with Gasteiger partial charge in [-0.3, -0.25) is 4.79 Å². The van der Waals surface area contributed by atoms with E-state index in [0.717, 1.165) is 5.56 Å². The first-order valence-corrected chi connectivity index (χ1v) is 8.59. The number of carbonyl (C=O) groups is 1. The Morgan fingerprint density at radius 3 is 2.92 bits per heavy atom. The minimum absolute atomic E-state index is 0.0501. The summed E-state index contributed by atoms with van der Waals surface area (Å²) in [6.45, 7) is 2.67. The van der Waals surface area contributed by atoms with Crippen LogP contribution in [0, 0.1) is 6.92 Å². The van der Waals surface area contributed by atoms with Gasteiger partial charge in [-0.15, -0.1) is 21.5 Å².